The number of H-pyrrole nitrogens is 1. The number of para-hydroxylation sites is 1. The highest BCUT2D eigenvalue weighted by molar-refractivity contribution is 5.86. The number of hydrogen-bond acceptors (Lipinski definition) is 3. The minimum absolute atomic E-state index is 0.0559. The average Bonchev–Trinajstić information content (AvgIpc) is 2.48. The fourth-order valence-electron chi connectivity index (χ4n) is 2.47. The van der Waals surface area contributed by atoms with E-state index in [2.05, 4.69) is 9.97 Å². The van der Waals surface area contributed by atoms with Crippen molar-refractivity contribution in [1.82, 2.24) is 9.97 Å². The lowest BCUT2D eigenvalue weighted by Crippen LogP contribution is -2.19. The molecular formula is C17H14N2O2. The van der Waals surface area contributed by atoms with Gasteiger partial charge in [0.05, 0.1) is 10.9 Å². The number of ketones is 1. The van der Waals surface area contributed by atoms with Crippen LogP contribution in [0.5, 0.6) is 0 Å². The van der Waals surface area contributed by atoms with Gasteiger partial charge in [-0.2, -0.15) is 0 Å². The predicted octanol–water partition coefficient (Wildman–Crippen LogP) is 2.64. The van der Waals surface area contributed by atoms with Crippen LogP contribution in [0.1, 0.15) is 24.2 Å². The van der Waals surface area contributed by atoms with Crippen LogP contribution < -0.4 is 5.56 Å². The third-order valence-electron chi connectivity index (χ3n) is 3.44. The van der Waals surface area contributed by atoms with Crippen molar-refractivity contribution in [3.05, 3.63) is 76.3 Å². The number of aromatic amines is 1. The number of carbonyl (C=O) groups excluding carboxylic acids is 1. The molecule has 104 valence electrons. The standard InChI is InChI=1S/C17H14N2O2/c1-11(20)15(12-7-3-2-4-8-12)16-18-14-10-6-5-9-13(14)17(21)19-16/h2-10,15H,1H3,(H,18,19,21). The van der Waals surface area contributed by atoms with Crippen molar-refractivity contribution in [2.45, 2.75) is 12.8 Å². The van der Waals surface area contributed by atoms with E-state index in [9.17, 15) is 9.59 Å². The Morgan fingerprint density at radius 2 is 1.71 bits per heavy atom. The van der Waals surface area contributed by atoms with Crippen LogP contribution in [-0.4, -0.2) is 15.8 Å². The first-order valence-electron chi connectivity index (χ1n) is 6.71. The largest absolute Gasteiger partial charge is 0.309 e. The van der Waals surface area contributed by atoms with Crippen molar-refractivity contribution in [2.75, 3.05) is 0 Å². The molecule has 3 aromatic rings. The van der Waals surface area contributed by atoms with Crippen LogP contribution >= 0.6 is 0 Å². The van der Waals surface area contributed by atoms with E-state index in [1.165, 1.54) is 6.92 Å². The molecule has 0 radical (unpaired) electrons. The second kappa shape index (κ2) is 5.32. The van der Waals surface area contributed by atoms with Crippen LogP contribution in [0.15, 0.2) is 59.4 Å². The molecule has 0 aliphatic rings. The molecule has 0 spiro atoms. The summed E-state index contributed by atoms with van der Waals surface area (Å²) in [5, 5.41) is 0.525. The molecular weight excluding hydrogens is 264 g/mol. The van der Waals surface area contributed by atoms with E-state index < -0.39 is 5.92 Å². The van der Waals surface area contributed by atoms with Crippen molar-refractivity contribution in [2.24, 2.45) is 0 Å². The first-order valence-corrected chi connectivity index (χ1v) is 6.71. The Bertz CT molecular complexity index is 853. The Hall–Kier alpha value is -2.75. The molecule has 3 rings (SSSR count). The molecule has 0 aliphatic heterocycles. The van der Waals surface area contributed by atoms with Crippen LogP contribution in [0.4, 0.5) is 0 Å². The number of carbonyl (C=O) groups is 1. The number of hydrogen-bond donors (Lipinski definition) is 1. The highest BCUT2D eigenvalue weighted by Gasteiger charge is 2.22. The molecule has 1 heterocycles. The molecule has 0 aliphatic carbocycles. The number of nitrogens with one attached hydrogen (secondary N) is 1. The number of nitrogens with zero attached hydrogens (tertiary/aromatic N) is 1. The molecule has 0 bridgehead atoms. The van der Waals surface area contributed by atoms with Crippen LogP contribution in [0.2, 0.25) is 0 Å². The van der Waals surface area contributed by atoms with Crippen molar-refractivity contribution >= 4 is 16.7 Å². The first kappa shape index (κ1) is 13.2. The van der Waals surface area contributed by atoms with E-state index in [0.717, 1.165) is 5.56 Å². The quantitative estimate of drug-likeness (QED) is 0.801. The number of fused-ring (bicyclic) bond motifs is 1. The molecule has 0 saturated carbocycles. The van der Waals surface area contributed by atoms with Crippen molar-refractivity contribution in [3.63, 3.8) is 0 Å². The fraction of sp³-hybridized carbons (Fsp3) is 0.118. The number of benzene rings is 2. The lowest BCUT2D eigenvalue weighted by molar-refractivity contribution is -0.117. The topological polar surface area (TPSA) is 62.8 Å². The smallest absolute Gasteiger partial charge is 0.258 e. The Labute approximate surface area is 121 Å². The average molecular weight is 278 g/mol. The van der Waals surface area contributed by atoms with Gasteiger partial charge < -0.3 is 4.98 Å². The summed E-state index contributed by atoms with van der Waals surface area (Å²) in [6.45, 7) is 1.51. The van der Waals surface area contributed by atoms with E-state index >= 15 is 0 Å². The van der Waals surface area contributed by atoms with Gasteiger partial charge in [0.15, 0.2) is 0 Å². The Morgan fingerprint density at radius 3 is 2.43 bits per heavy atom. The highest BCUT2D eigenvalue weighted by Crippen LogP contribution is 2.23. The molecule has 1 aromatic heterocycles. The normalized spacial score (nSPS) is 12.2. The van der Waals surface area contributed by atoms with E-state index in [1.54, 1.807) is 18.2 Å². The summed E-state index contributed by atoms with van der Waals surface area (Å²) in [6.07, 6.45) is 0. The van der Waals surface area contributed by atoms with Gasteiger partial charge >= 0.3 is 0 Å². The fourth-order valence-corrected chi connectivity index (χ4v) is 2.47. The zero-order chi connectivity index (χ0) is 14.8. The monoisotopic (exact) mass is 278 g/mol. The predicted molar refractivity (Wildman–Crippen MR) is 81.3 cm³/mol. The number of Topliss-reactive ketones (excluding diaryl/α,β-unsaturated/α-hetero) is 1. The van der Waals surface area contributed by atoms with Gasteiger partial charge in [-0.1, -0.05) is 42.5 Å². The number of rotatable bonds is 3. The molecule has 21 heavy (non-hydrogen) atoms. The maximum atomic E-state index is 12.2. The molecule has 1 unspecified atom stereocenters. The van der Waals surface area contributed by atoms with Crippen LogP contribution in [0, 0.1) is 0 Å². The van der Waals surface area contributed by atoms with Crippen LogP contribution in [-0.2, 0) is 4.79 Å². The summed E-state index contributed by atoms with van der Waals surface area (Å²) in [7, 11) is 0. The molecule has 4 heteroatoms. The third kappa shape index (κ3) is 2.48. The third-order valence-corrected chi connectivity index (χ3v) is 3.44. The summed E-state index contributed by atoms with van der Waals surface area (Å²) in [5.74, 6) is -0.222. The zero-order valence-corrected chi connectivity index (χ0v) is 11.5. The maximum absolute atomic E-state index is 12.2. The van der Waals surface area contributed by atoms with E-state index in [1.807, 2.05) is 36.4 Å². The lowest BCUT2D eigenvalue weighted by atomic mass is 9.94. The Kier molecular flexibility index (Phi) is 3.36. The molecule has 4 nitrogen and oxygen atoms in total. The highest BCUT2D eigenvalue weighted by atomic mass is 16.1. The van der Waals surface area contributed by atoms with Gasteiger partial charge in [0.1, 0.15) is 17.5 Å². The zero-order valence-electron chi connectivity index (χ0n) is 11.5. The van der Waals surface area contributed by atoms with E-state index in [0.29, 0.717) is 16.7 Å². The van der Waals surface area contributed by atoms with Crippen LogP contribution in [0.25, 0.3) is 10.9 Å². The van der Waals surface area contributed by atoms with Gasteiger partial charge in [0.2, 0.25) is 0 Å². The summed E-state index contributed by atoms with van der Waals surface area (Å²) in [5.41, 5.74) is 1.19. The molecule has 0 amide bonds. The van der Waals surface area contributed by atoms with E-state index in [4.69, 9.17) is 0 Å². The van der Waals surface area contributed by atoms with Crippen molar-refractivity contribution in [3.8, 4) is 0 Å². The van der Waals surface area contributed by atoms with E-state index in [-0.39, 0.29) is 11.3 Å². The lowest BCUT2D eigenvalue weighted by Gasteiger charge is -2.14. The maximum Gasteiger partial charge on any atom is 0.258 e. The summed E-state index contributed by atoms with van der Waals surface area (Å²) in [4.78, 5) is 31.4. The Morgan fingerprint density at radius 1 is 1.05 bits per heavy atom. The van der Waals surface area contributed by atoms with Crippen LogP contribution in [0.3, 0.4) is 0 Å². The molecule has 1 N–H and O–H groups in total. The van der Waals surface area contributed by atoms with Gasteiger partial charge in [-0.15, -0.1) is 0 Å². The van der Waals surface area contributed by atoms with Gasteiger partial charge in [-0.3, -0.25) is 9.59 Å². The minimum atomic E-state index is -0.552. The molecule has 0 saturated heterocycles. The number of aromatic nitrogens is 2. The van der Waals surface area contributed by atoms with Gasteiger partial charge in [-0.05, 0) is 24.6 Å². The van der Waals surface area contributed by atoms with Gasteiger partial charge in [0, 0.05) is 0 Å². The van der Waals surface area contributed by atoms with Gasteiger partial charge in [-0.25, -0.2) is 4.98 Å². The molecule has 2 aromatic carbocycles. The second-order valence-electron chi connectivity index (χ2n) is 4.92. The Balaban J connectivity index is 2.21. The van der Waals surface area contributed by atoms with Crippen molar-refractivity contribution in [1.29, 1.82) is 0 Å². The second-order valence-corrected chi connectivity index (χ2v) is 4.92. The molecule has 0 fully saturated rings. The minimum Gasteiger partial charge on any atom is -0.309 e. The SMILES string of the molecule is CC(=O)C(c1ccccc1)c1nc2ccccc2c(=O)[nH]1. The van der Waals surface area contributed by atoms with Crippen molar-refractivity contribution < 1.29 is 4.79 Å². The summed E-state index contributed by atoms with van der Waals surface area (Å²) < 4.78 is 0. The summed E-state index contributed by atoms with van der Waals surface area (Å²) in [6, 6.07) is 16.4. The first-order chi connectivity index (χ1) is 10.2. The van der Waals surface area contributed by atoms with Gasteiger partial charge in [0.25, 0.3) is 5.56 Å². The molecule has 1 atom stereocenters. The summed E-state index contributed by atoms with van der Waals surface area (Å²) >= 11 is 0.